The van der Waals surface area contributed by atoms with Crippen molar-refractivity contribution >= 4 is 33.3 Å². The van der Waals surface area contributed by atoms with E-state index >= 15 is 0 Å². The maximum Gasteiger partial charge on any atom is 0.164 e. The first-order valence-corrected chi connectivity index (χ1v) is 17.9. The van der Waals surface area contributed by atoms with Gasteiger partial charge in [0.25, 0.3) is 0 Å². The van der Waals surface area contributed by atoms with Crippen molar-refractivity contribution in [2.75, 3.05) is 0 Å². The van der Waals surface area contributed by atoms with Gasteiger partial charge in [-0.15, -0.1) is 0 Å². The van der Waals surface area contributed by atoms with Crippen LogP contribution in [0, 0.1) is 0 Å². The van der Waals surface area contributed by atoms with Crippen LogP contribution in [0.25, 0.3) is 89.1 Å². The first-order chi connectivity index (χ1) is 25.2. The van der Waals surface area contributed by atoms with Gasteiger partial charge in [0, 0.05) is 31.9 Å². The van der Waals surface area contributed by atoms with Gasteiger partial charge >= 0.3 is 0 Å². The zero-order valence-corrected chi connectivity index (χ0v) is 28.3. The molecule has 0 aliphatic carbocycles. The molecule has 1 aliphatic heterocycles. The summed E-state index contributed by atoms with van der Waals surface area (Å²) >= 11 is 1.82. The molecule has 4 heteroatoms. The van der Waals surface area contributed by atoms with E-state index < -0.39 is 0 Å². The zero-order chi connectivity index (χ0) is 33.7. The summed E-state index contributed by atoms with van der Waals surface area (Å²) in [5.41, 5.74) is 10.2. The predicted octanol–water partition coefficient (Wildman–Crippen LogP) is 12.6. The van der Waals surface area contributed by atoms with E-state index in [1.807, 2.05) is 30.0 Å². The molecule has 0 saturated carbocycles. The van der Waals surface area contributed by atoms with Crippen LogP contribution in [0.4, 0.5) is 0 Å². The van der Waals surface area contributed by atoms with Crippen LogP contribution in [-0.4, -0.2) is 15.0 Å². The third-order valence-corrected chi connectivity index (χ3v) is 10.8. The Morgan fingerprint density at radius 1 is 0.314 bits per heavy atom. The highest BCUT2D eigenvalue weighted by atomic mass is 32.2. The lowest BCUT2D eigenvalue weighted by Gasteiger charge is -2.22. The first-order valence-electron chi connectivity index (χ1n) is 17.1. The summed E-state index contributed by atoms with van der Waals surface area (Å²) in [4.78, 5) is 17.6. The fraction of sp³-hybridized carbons (Fsp3) is 0. The third-order valence-electron chi connectivity index (χ3n) is 9.73. The molecular weight excluding hydrogens is 639 g/mol. The Labute approximate surface area is 300 Å². The van der Waals surface area contributed by atoms with Gasteiger partial charge in [-0.05, 0) is 67.7 Å². The van der Waals surface area contributed by atoms with E-state index in [9.17, 15) is 0 Å². The van der Waals surface area contributed by atoms with E-state index in [4.69, 9.17) is 15.0 Å². The minimum absolute atomic E-state index is 0.651. The molecule has 0 radical (unpaired) electrons. The normalized spacial score (nSPS) is 11.8. The maximum absolute atomic E-state index is 5.09. The molecule has 1 aliphatic rings. The number of benzene rings is 8. The van der Waals surface area contributed by atoms with Crippen LogP contribution >= 0.6 is 11.8 Å². The molecule has 1 aromatic heterocycles. The van der Waals surface area contributed by atoms with Crippen LogP contribution in [0.3, 0.4) is 0 Å². The highest BCUT2D eigenvalue weighted by Gasteiger charge is 2.22. The van der Waals surface area contributed by atoms with Crippen molar-refractivity contribution in [2.45, 2.75) is 9.79 Å². The van der Waals surface area contributed by atoms with Crippen LogP contribution in [-0.2, 0) is 0 Å². The Bertz CT molecular complexity index is 2760. The van der Waals surface area contributed by atoms with Gasteiger partial charge in [0.2, 0.25) is 0 Å². The second kappa shape index (κ2) is 12.2. The van der Waals surface area contributed by atoms with Crippen molar-refractivity contribution in [2.24, 2.45) is 0 Å². The number of hydrogen-bond acceptors (Lipinski definition) is 4. The Balaban J connectivity index is 1.05. The van der Waals surface area contributed by atoms with Crippen LogP contribution in [0.15, 0.2) is 186 Å². The van der Waals surface area contributed by atoms with Crippen LogP contribution in [0.1, 0.15) is 0 Å². The standard InChI is InChI=1S/C47H29N3S/c1-3-11-32(12-4-1)38-26-27-42-44-40(38)16-9-17-41(44)39-25-24-37(29-43(39)51-42)47-49-45(33-13-5-2-6-14-33)48-46(50-47)34-21-18-31(19-22-34)36-23-20-30-10-7-8-15-35(30)28-36/h1-29H. The number of nitrogens with zero attached hydrogens (tertiary/aromatic N) is 3. The van der Waals surface area contributed by atoms with Gasteiger partial charge in [0.15, 0.2) is 17.5 Å². The van der Waals surface area contributed by atoms with E-state index in [1.54, 1.807) is 0 Å². The van der Waals surface area contributed by atoms with E-state index in [-0.39, 0.29) is 0 Å². The van der Waals surface area contributed by atoms with E-state index in [0.29, 0.717) is 17.5 Å². The molecule has 51 heavy (non-hydrogen) atoms. The largest absolute Gasteiger partial charge is 0.208 e. The molecule has 3 nitrogen and oxygen atoms in total. The zero-order valence-electron chi connectivity index (χ0n) is 27.5. The fourth-order valence-corrected chi connectivity index (χ4v) is 8.34. The lowest BCUT2D eigenvalue weighted by molar-refractivity contribution is 1.07. The summed E-state index contributed by atoms with van der Waals surface area (Å²) < 4.78 is 0. The minimum Gasteiger partial charge on any atom is -0.208 e. The van der Waals surface area contributed by atoms with Crippen molar-refractivity contribution in [3.63, 3.8) is 0 Å². The molecule has 2 heterocycles. The second-order valence-electron chi connectivity index (χ2n) is 12.8. The molecule has 10 rings (SSSR count). The molecular formula is C47H29N3S. The average molecular weight is 668 g/mol. The van der Waals surface area contributed by atoms with Gasteiger partial charge < -0.3 is 0 Å². The maximum atomic E-state index is 5.09. The SMILES string of the molecule is c1ccc(-c2nc(-c3ccc(-c4ccc5ccccc5c4)cc3)nc(-c3ccc4c(c3)Sc3ccc(-c5ccccc5)c5cccc-4c35)n2)cc1. The Kier molecular flexibility index (Phi) is 7.07. The second-order valence-corrected chi connectivity index (χ2v) is 13.9. The lowest BCUT2D eigenvalue weighted by Crippen LogP contribution is -2.01. The monoisotopic (exact) mass is 667 g/mol. The number of hydrogen-bond donors (Lipinski definition) is 0. The van der Waals surface area contributed by atoms with Gasteiger partial charge in [0.05, 0.1) is 0 Å². The summed E-state index contributed by atoms with van der Waals surface area (Å²) in [5.74, 6) is 1.96. The quantitative estimate of drug-likeness (QED) is 0.183. The van der Waals surface area contributed by atoms with Gasteiger partial charge in [-0.25, -0.2) is 15.0 Å². The molecule has 0 saturated heterocycles. The Morgan fingerprint density at radius 2 is 0.902 bits per heavy atom. The molecule has 238 valence electrons. The highest BCUT2D eigenvalue weighted by molar-refractivity contribution is 7.99. The Morgan fingerprint density at radius 3 is 1.67 bits per heavy atom. The van der Waals surface area contributed by atoms with Gasteiger partial charge in [-0.3, -0.25) is 0 Å². The summed E-state index contributed by atoms with van der Waals surface area (Å²) in [6.07, 6.45) is 0. The van der Waals surface area contributed by atoms with Crippen molar-refractivity contribution in [3.8, 4) is 67.5 Å². The molecule has 0 atom stereocenters. The van der Waals surface area contributed by atoms with Crippen LogP contribution in [0.2, 0.25) is 0 Å². The lowest BCUT2D eigenvalue weighted by atomic mass is 9.92. The molecule has 0 unspecified atom stereocenters. The van der Waals surface area contributed by atoms with E-state index in [1.165, 1.54) is 59.2 Å². The van der Waals surface area contributed by atoms with Crippen molar-refractivity contribution in [3.05, 3.63) is 176 Å². The summed E-state index contributed by atoms with van der Waals surface area (Å²) in [5, 5.41) is 5.06. The van der Waals surface area contributed by atoms with Crippen molar-refractivity contribution in [1.82, 2.24) is 15.0 Å². The molecule has 0 amide bonds. The number of fused-ring (bicyclic) bond motifs is 3. The number of rotatable bonds is 5. The topological polar surface area (TPSA) is 38.7 Å². The predicted molar refractivity (Wildman–Crippen MR) is 212 cm³/mol. The minimum atomic E-state index is 0.651. The van der Waals surface area contributed by atoms with Crippen LogP contribution < -0.4 is 0 Å². The highest BCUT2D eigenvalue weighted by Crippen LogP contribution is 2.50. The fourth-order valence-electron chi connectivity index (χ4n) is 7.17. The van der Waals surface area contributed by atoms with Crippen molar-refractivity contribution in [1.29, 1.82) is 0 Å². The Hall–Kier alpha value is -6.36. The summed E-state index contributed by atoms with van der Waals surface area (Å²) in [6, 6.07) is 62.2. The molecule has 8 aromatic carbocycles. The average Bonchev–Trinajstić information content (AvgIpc) is 3.21. The smallest absolute Gasteiger partial charge is 0.164 e. The van der Waals surface area contributed by atoms with Gasteiger partial charge in [-0.1, -0.05) is 169 Å². The third kappa shape index (κ3) is 5.29. The van der Waals surface area contributed by atoms with E-state index in [0.717, 1.165) is 22.3 Å². The van der Waals surface area contributed by atoms with Gasteiger partial charge in [-0.2, -0.15) is 0 Å². The first kappa shape index (κ1) is 29.5. The summed E-state index contributed by atoms with van der Waals surface area (Å²) in [7, 11) is 0. The molecule has 0 spiro atoms. The van der Waals surface area contributed by atoms with Gasteiger partial charge in [0.1, 0.15) is 0 Å². The van der Waals surface area contributed by atoms with Crippen molar-refractivity contribution < 1.29 is 0 Å². The molecule has 0 bridgehead atoms. The summed E-state index contributed by atoms with van der Waals surface area (Å²) in [6.45, 7) is 0. The number of aromatic nitrogens is 3. The molecule has 0 N–H and O–H groups in total. The molecule has 0 fully saturated rings. The molecule has 9 aromatic rings. The van der Waals surface area contributed by atoms with Crippen LogP contribution in [0.5, 0.6) is 0 Å². The van der Waals surface area contributed by atoms with E-state index in [2.05, 4.69) is 158 Å².